The zero-order chi connectivity index (χ0) is 10.9. The van der Waals surface area contributed by atoms with Gasteiger partial charge in [0, 0.05) is 12.1 Å². The molecule has 15 heavy (non-hydrogen) atoms. The first-order chi connectivity index (χ1) is 7.36. The van der Waals surface area contributed by atoms with Crippen LogP contribution in [-0.4, -0.2) is 13.2 Å². The van der Waals surface area contributed by atoms with Crippen LogP contribution >= 0.6 is 0 Å². The Morgan fingerprint density at radius 2 is 2.40 bits per heavy atom. The summed E-state index contributed by atoms with van der Waals surface area (Å²) in [5.41, 5.74) is 1.17. The molecule has 0 saturated heterocycles. The number of allylic oxidation sites excluding steroid dienone is 1. The van der Waals surface area contributed by atoms with Crippen molar-refractivity contribution in [2.24, 2.45) is 0 Å². The molecule has 0 aliphatic carbocycles. The fraction of sp³-hybridized carbons (Fsp3) is 0.500. The minimum Gasteiger partial charge on any atom is -0.467 e. The van der Waals surface area contributed by atoms with Crippen molar-refractivity contribution in [3.8, 4) is 0 Å². The van der Waals surface area contributed by atoms with Crippen LogP contribution in [0.15, 0.2) is 28.9 Å². The molecular formula is C12H19NO2. The Kier molecular flexibility index (Phi) is 5.81. The number of ether oxygens (including phenoxy) is 1. The molecule has 0 radical (unpaired) electrons. The lowest BCUT2D eigenvalue weighted by atomic mass is 10.3. The van der Waals surface area contributed by atoms with Gasteiger partial charge in [0.1, 0.15) is 12.4 Å². The zero-order valence-corrected chi connectivity index (χ0v) is 9.45. The summed E-state index contributed by atoms with van der Waals surface area (Å²) in [4.78, 5) is 0. The van der Waals surface area contributed by atoms with Gasteiger partial charge in [0.15, 0.2) is 0 Å². The molecule has 0 aromatic carbocycles. The molecule has 0 spiro atoms. The lowest BCUT2D eigenvalue weighted by Gasteiger charge is -1.96. The van der Waals surface area contributed by atoms with Crippen molar-refractivity contribution >= 4 is 0 Å². The van der Waals surface area contributed by atoms with Crippen LogP contribution in [0.3, 0.4) is 0 Å². The molecule has 0 atom stereocenters. The van der Waals surface area contributed by atoms with Crippen LogP contribution in [0, 0.1) is 0 Å². The average Bonchev–Trinajstić information content (AvgIpc) is 2.69. The van der Waals surface area contributed by atoms with E-state index in [1.54, 1.807) is 6.26 Å². The third-order valence-corrected chi connectivity index (χ3v) is 1.98. The monoisotopic (exact) mass is 209 g/mol. The molecule has 0 amide bonds. The van der Waals surface area contributed by atoms with Crippen LogP contribution in [0.2, 0.25) is 0 Å². The highest BCUT2D eigenvalue weighted by Crippen LogP contribution is 2.08. The standard InChI is InChI=1S/C12H19NO2/c1-3-5-6-14-10-12-7-11(9-15-12)8-13-4-2/h3,5,7,9,13H,4,6,8,10H2,1-2H3. The molecule has 3 heteroatoms. The second-order valence-corrected chi connectivity index (χ2v) is 3.29. The molecule has 1 heterocycles. The number of furan rings is 1. The van der Waals surface area contributed by atoms with Gasteiger partial charge in [-0.1, -0.05) is 19.1 Å². The Labute approximate surface area is 91.1 Å². The summed E-state index contributed by atoms with van der Waals surface area (Å²) in [6, 6.07) is 2.03. The highest BCUT2D eigenvalue weighted by atomic mass is 16.5. The molecule has 0 saturated carbocycles. The van der Waals surface area contributed by atoms with E-state index in [0.717, 1.165) is 18.8 Å². The van der Waals surface area contributed by atoms with Crippen molar-refractivity contribution in [3.63, 3.8) is 0 Å². The van der Waals surface area contributed by atoms with E-state index in [4.69, 9.17) is 9.15 Å². The minimum absolute atomic E-state index is 0.538. The molecule has 0 fully saturated rings. The molecule has 3 nitrogen and oxygen atoms in total. The number of hydrogen-bond donors (Lipinski definition) is 1. The van der Waals surface area contributed by atoms with Gasteiger partial charge in [-0.05, 0) is 19.5 Å². The largest absolute Gasteiger partial charge is 0.467 e. The second-order valence-electron chi connectivity index (χ2n) is 3.29. The highest BCUT2D eigenvalue weighted by Gasteiger charge is 2.00. The second kappa shape index (κ2) is 7.26. The summed E-state index contributed by atoms with van der Waals surface area (Å²) in [5.74, 6) is 0.882. The van der Waals surface area contributed by atoms with Crippen molar-refractivity contribution in [1.82, 2.24) is 5.32 Å². The summed E-state index contributed by atoms with van der Waals surface area (Å²) in [7, 11) is 0. The van der Waals surface area contributed by atoms with Gasteiger partial charge in [-0.25, -0.2) is 0 Å². The Bertz CT molecular complexity index is 292. The highest BCUT2D eigenvalue weighted by molar-refractivity contribution is 5.11. The van der Waals surface area contributed by atoms with Crippen LogP contribution in [0.1, 0.15) is 25.2 Å². The summed E-state index contributed by atoms with van der Waals surface area (Å²) >= 11 is 0. The van der Waals surface area contributed by atoms with E-state index in [2.05, 4.69) is 12.2 Å². The van der Waals surface area contributed by atoms with Crippen LogP contribution < -0.4 is 5.32 Å². The number of hydrogen-bond acceptors (Lipinski definition) is 3. The van der Waals surface area contributed by atoms with Crippen LogP contribution in [0.25, 0.3) is 0 Å². The van der Waals surface area contributed by atoms with E-state index < -0.39 is 0 Å². The first kappa shape index (κ1) is 12.0. The zero-order valence-electron chi connectivity index (χ0n) is 9.45. The van der Waals surface area contributed by atoms with Gasteiger partial charge in [0.25, 0.3) is 0 Å². The third kappa shape index (κ3) is 4.81. The Hall–Kier alpha value is -1.06. The molecule has 0 bridgehead atoms. The van der Waals surface area contributed by atoms with Crippen molar-refractivity contribution in [1.29, 1.82) is 0 Å². The lowest BCUT2D eigenvalue weighted by molar-refractivity contribution is 0.131. The molecule has 1 N–H and O–H groups in total. The maximum Gasteiger partial charge on any atom is 0.129 e. The van der Waals surface area contributed by atoms with E-state index >= 15 is 0 Å². The van der Waals surface area contributed by atoms with Gasteiger partial charge in [0.05, 0.1) is 12.9 Å². The maximum absolute atomic E-state index is 5.38. The first-order valence-corrected chi connectivity index (χ1v) is 5.32. The van der Waals surface area contributed by atoms with E-state index in [1.807, 2.05) is 25.1 Å². The smallest absolute Gasteiger partial charge is 0.129 e. The fourth-order valence-electron chi connectivity index (χ4n) is 1.19. The van der Waals surface area contributed by atoms with Gasteiger partial charge in [-0.3, -0.25) is 0 Å². The fourth-order valence-corrected chi connectivity index (χ4v) is 1.19. The van der Waals surface area contributed by atoms with Gasteiger partial charge < -0.3 is 14.5 Å². The average molecular weight is 209 g/mol. The SMILES string of the molecule is CC=CCOCc1cc(CNCC)co1. The quantitative estimate of drug-likeness (QED) is 0.553. The van der Waals surface area contributed by atoms with Gasteiger partial charge in [-0.2, -0.15) is 0 Å². The molecule has 0 aliphatic heterocycles. The first-order valence-electron chi connectivity index (χ1n) is 5.32. The lowest BCUT2D eigenvalue weighted by Crippen LogP contribution is -2.10. The van der Waals surface area contributed by atoms with Crippen LogP contribution in [0.4, 0.5) is 0 Å². The molecule has 0 unspecified atom stereocenters. The van der Waals surface area contributed by atoms with Crippen LogP contribution in [-0.2, 0) is 17.9 Å². The van der Waals surface area contributed by atoms with Crippen molar-refractivity contribution in [3.05, 3.63) is 35.8 Å². The summed E-state index contributed by atoms with van der Waals surface area (Å²) in [6.45, 7) is 7.06. The molecular weight excluding hydrogens is 190 g/mol. The van der Waals surface area contributed by atoms with Gasteiger partial charge in [0.2, 0.25) is 0 Å². The number of rotatable bonds is 7. The molecule has 0 aliphatic rings. The van der Waals surface area contributed by atoms with E-state index in [-0.39, 0.29) is 0 Å². The van der Waals surface area contributed by atoms with Crippen molar-refractivity contribution < 1.29 is 9.15 Å². The predicted molar refractivity (Wildman–Crippen MR) is 60.6 cm³/mol. The topological polar surface area (TPSA) is 34.4 Å². The number of nitrogens with one attached hydrogen (secondary N) is 1. The van der Waals surface area contributed by atoms with E-state index in [9.17, 15) is 0 Å². The van der Waals surface area contributed by atoms with Gasteiger partial charge >= 0.3 is 0 Å². The predicted octanol–water partition coefficient (Wildman–Crippen LogP) is 2.48. The van der Waals surface area contributed by atoms with Crippen molar-refractivity contribution in [2.45, 2.75) is 27.0 Å². The summed E-state index contributed by atoms with van der Waals surface area (Å²) in [6.07, 6.45) is 5.72. The Balaban J connectivity index is 2.26. The maximum atomic E-state index is 5.38. The molecule has 1 rings (SSSR count). The van der Waals surface area contributed by atoms with Crippen LogP contribution in [0.5, 0.6) is 0 Å². The normalized spacial score (nSPS) is 11.3. The molecule has 1 aromatic rings. The minimum atomic E-state index is 0.538. The summed E-state index contributed by atoms with van der Waals surface area (Å²) in [5, 5.41) is 3.24. The van der Waals surface area contributed by atoms with E-state index in [1.165, 1.54) is 5.56 Å². The molecule has 1 aromatic heterocycles. The van der Waals surface area contributed by atoms with Crippen molar-refractivity contribution in [2.75, 3.05) is 13.2 Å². The third-order valence-electron chi connectivity index (χ3n) is 1.98. The Morgan fingerprint density at radius 1 is 1.53 bits per heavy atom. The molecule has 84 valence electrons. The Morgan fingerprint density at radius 3 is 3.13 bits per heavy atom. The van der Waals surface area contributed by atoms with E-state index in [0.29, 0.717) is 13.2 Å². The summed E-state index contributed by atoms with van der Waals surface area (Å²) < 4.78 is 10.7. The van der Waals surface area contributed by atoms with Gasteiger partial charge in [-0.15, -0.1) is 0 Å².